The predicted octanol–water partition coefficient (Wildman–Crippen LogP) is 1.66. The molecule has 1 fully saturated rings. The molecule has 0 aromatic rings. The van der Waals surface area contributed by atoms with Crippen molar-refractivity contribution in [2.75, 3.05) is 6.61 Å². The minimum absolute atomic E-state index is 0.194. The standard InChI is InChI=1S/C7H11NOS/c1-6(8-5-10)7-3-2-4-9-7/h6-7H,2-4H2,1H3/t6?,7-/m0/s1. The number of thiocarbonyl (C=S) groups is 1. The largest absolute Gasteiger partial charge is 0.376 e. The maximum atomic E-state index is 5.39. The first-order chi connectivity index (χ1) is 4.84. The molecule has 1 saturated heterocycles. The zero-order chi connectivity index (χ0) is 7.40. The summed E-state index contributed by atoms with van der Waals surface area (Å²) in [5.74, 6) is 0. The van der Waals surface area contributed by atoms with E-state index in [0.29, 0.717) is 0 Å². The lowest BCUT2D eigenvalue weighted by molar-refractivity contribution is 0.0955. The molecule has 0 N–H and O–H groups in total. The van der Waals surface area contributed by atoms with Gasteiger partial charge in [0.1, 0.15) is 0 Å². The third-order valence-electron chi connectivity index (χ3n) is 1.76. The molecule has 0 radical (unpaired) electrons. The monoisotopic (exact) mass is 157 g/mol. The SMILES string of the molecule is CC(N=C=S)[C@@H]1CCCO1. The van der Waals surface area contributed by atoms with Gasteiger partial charge in [-0.3, -0.25) is 0 Å². The van der Waals surface area contributed by atoms with Crippen molar-refractivity contribution in [2.24, 2.45) is 4.99 Å². The van der Waals surface area contributed by atoms with Crippen molar-refractivity contribution in [3.63, 3.8) is 0 Å². The van der Waals surface area contributed by atoms with Crippen molar-refractivity contribution >= 4 is 17.4 Å². The Morgan fingerprint density at radius 2 is 2.60 bits per heavy atom. The third kappa shape index (κ3) is 1.87. The molecular weight excluding hydrogens is 146 g/mol. The van der Waals surface area contributed by atoms with E-state index in [2.05, 4.69) is 22.4 Å². The highest BCUT2D eigenvalue weighted by Gasteiger charge is 2.21. The summed E-state index contributed by atoms with van der Waals surface area (Å²) < 4.78 is 5.39. The van der Waals surface area contributed by atoms with Gasteiger partial charge in [-0.1, -0.05) is 0 Å². The molecule has 0 bridgehead atoms. The van der Waals surface area contributed by atoms with Gasteiger partial charge in [-0.15, -0.1) is 0 Å². The van der Waals surface area contributed by atoms with Crippen LogP contribution in [0.2, 0.25) is 0 Å². The van der Waals surface area contributed by atoms with Gasteiger partial charge in [0.15, 0.2) is 0 Å². The van der Waals surface area contributed by atoms with Crippen LogP contribution in [0.1, 0.15) is 19.8 Å². The average Bonchev–Trinajstić information content (AvgIpc) is 2.38. The normalized spacial score (nSPS) is 27.5. The number of ether oxygens (including phenoxy) is 1. The Bertz CT molecular complexity index is 148. The third-order valence-corrected chi connectivity index (χ3v) is 1.86. The van der Waals surface area contributed by atoms with Crippen LogP contribution in [0, 0.1) is 0 Å². The van der Waals surface area contributed by atoms with Crippen LogP contribution in [0.4, 0.5) is 0 Å². The van der Waals surface area contributed by atoms with Crippen LogP contribution >= 0.6 is 12.2 Å². The van der Waals surface area contributed by atoms with Crippen molar-refractivity contribution in [1.82, 2.24) is 0 Å². The maximum absolute atomic E-state index is 5.39. The van der Waals surface area contributed by atoms with Crippen LogP contribution < -0.4 is 0 Å². The summed E-state index contributed by atoms with van der Waals surface area (Å²) in [6.45, 7) is 2.89. The molecule has 2 atom stereocenters. The minimum Gasteiger partial charge on any atom is -0.376 e. The Balaban J connectivity index is 2.39. The predicted molar refractivity (Wildman–Crippen MR) is 43.5 cm³/mol. The van der Waals surface area contributed by atoms with Crippen LogP contribution in [-0.2, 0) is 4.74 Å². The molecule has 1 unspecified atom stereocenters. The second-order valence-corrected chi connectivity index (χ2v) is 2.70. The lowest BCUT2D eigenvalue weighted by Gasteiger charge is -2.11. The molecule has 2 nitrogen and oxygen atoms in total. The Morgan fingerprint density at radius 1 is 1.80 bits per heavy atom. The molecule has 1 heterocycles. The van der Waals surface area contributed by atoms with E-state index in [1.54, 1.807) is 0 Å². The van der Waals surface area contributed by atoms with E-state index in [9.17, 15) is 0 Å². The summed E-state index contributed by atoms with van der Waals surface area (Å²) in [4.78, 5) is 3.95. The number of rotatable bonds is 2. The first kappa shape index (κ1) is 7.86. The van der Waals surface area contributed by atoms with E-state index >= 15 is 0 Å². The molecule has 0 amide bonds. The Morgan fingerprint density at radius 3 is 3.10 bits per heavy atom. The van der Waals surface area contributed by atoms with Crippen LogP contribution in [-0.4, -0.2) is 23.9 Å². The molecule has 1 aliphatic rings. The average molecular weight is 157 g/mol. The van der Waals surface area contributed by atoms with Gasteiger partial charge in [-0.2, -0.15) is 0 Å². The van der Waals surface area contributed by atoms with Gasteiger partial charge in [-0.05, 0) is 32.0 Å². The van der Waals surface area contributed by atoms with Gasteiger partial charge in [0.2, 0.25) is 0 Å². The number of hydrogen-bond acceptors (Lipinski definition) is 3. The molecule has 56 valence electrons. The Kier molecular flexibility index (Phi) is 3.00. The van der Waals surface area contributed by atoms with E-state index in [1.165, 1.54) is 0 Å². The number of hydrogen-bond donors (Lipinski definition) is 0. The molecule has 1 rings (SSSR count). The van der Waals surface area contributed by atoms with E-state index in [1.807, 2.05) is 6.92 Å². The highest BCUT2D eigenvalue weighted by atomic mass is 32.1. The zero-order valence-corrected chi connectivity index (χ0v) is 6.86. The van der Waals surface area contributed by atoms with E-state index < -0.39 is 0 Å². The van der Waals surface area contributed by atoms with Gasteiger partial charge in [0.05, 0.1) is 17.3 Å². The maximum Gasteiger partial charge on any atom is 0.0836 e. The smallest absolute Gasteiger partial charge is 0.0836 e. The first-order valence-electron chi connectivity index (χ1n) is 3.53. The van der Waals surface area contributed by atoms with Crippen molar-refractivity contribution in [3.05, 3.63) is 0 Å². The van der Waals surface area contributed by atoms with Gasteiger partial charge < -0.3 is 4.74 Å². The first-order valence-corrected chi connectivity index (χ1v) is 3.94. The Labute approximate surface area is 66.3 Å². The number of nitrogens with zero attached hydrogens (tertiary/aromatic N) is 1. The van der Waals surface area contributed by atoms with Crippen LogP contribution in [0.15, 0.2) is 4.99 Å². The van der Waals surface area contributed by atoms with Crippen molar-refractivity contribution in [3.8, 4) is 0 Å². The second-order valence-electron chi connectivity index (χ2n) is 2.51. The van der Waals surface area contributed by atoms with E-state index in [0.717, 1.165) is 19.4 Å². The number of aliphatic imine (C=N–C) groups is 1. The molecule has 0 saturated carbocycles. The molecule has 1 aliphatic heterocycles. The van der Waals surface area contributed by atoms with Crippen LogP contribution in [0.3, 0.4) is 0 Å². The van der Waals surface area contributed by atoms with Crippen LogP contribution in [0.25, 0.3) is 0 Å². The molecular formula is C7H11NOS. The van der Waals surface area contributed by atoms with Gasteiger partial charge >= 0.3 is 0 Å². The fourth-order valence-corrected chi connectivity index (χ4v) is 1.32. The molecule has 0 spiro atoms. The number of isothiocyanates is 1. The topological polar surface area (TPSA) is 21.6 Å². The quantitative estimate of drug-likeness (QED) is 0.449. The minimum atomic E-state index is 0.194. The van der Waals surface area contributed by atoms with Crippen molar-refractivity contribution < 1.29 is 4.74 Å². The zero-order valence-electron chi connectivity index (χ0n) is 6.04. The fraction of sp³-hybridized carbons (Fsp3) is 0.857. The van der Waals surface area contributed by atoms with Crippen molar-refractivity contribution in [2.45, 2.75) is 31.9 Å². The fourth-order valence-electron chi connectivity index (χ4n) is 1.15. The second kappa shape index (κ2) is 3.81. The molecule has 0 aliphatic carbocycles. The van der Waals surface area contributed by atoms with Gasteiger partial charge in [-0.25, -0.2) is 4.99 Å². The molecule has 0 aromatic carbocycles. The molecule has 0 aromatic heterocycles. The van der Waals surface area contributed by atoms with Gasteiger partial charge in [0, 0.05) is 6.61 Å². The lowest BCUT2D eigenvalue weighted by Crippen LogP contribution is -2.19. The van der Waals surface area contributed by atoms with E-state index in [-0.39, 0.29) is 12.1 Å². The molecule has 3 heteroatoms. The molecule has 10 heavy (non-hydrogen) atoms. The van der Waals surface area contributed by atoms with Gasteiger partial charge in [0.25, 0.3) is 0 Å². The van der Waals surface area contributed by atoms with E-state index in [4.69, 9.17) is 4.74 Å². The summed E-state index contributed by atoms with van der Waals surface area (Å²) in [6, 6.07) is 0.194. The highest BCUT2D eigenvalue weighted by molar-refractivity contribution is 7.78. The lowest BCUT2D eigenvalue weighted by atomic mass is 10.1. The summed E-state index contributed by atoms with van der Waals surface area (Å²) in [5.41, 5.74) is 0. The van der Waals surface area contributed by atoms with Crippen molar-refractivity contribution in [1.29, 1.82) is 0 Å². The summed E-state index contributed by atoms with van der Waals surface area (Å²) >= 11 is 4.49. The summed E-state index contributed by atoms with van der Waals surface area (Å²) in [7, 11) is 0. The Hall–Kier alpha value is -0.240. The van der Waals surface area contributed by atoms with Crippen LogP contribution in [0.5, 0.6) is 0 Å². The summed E-state index contributed by atoms with van der Waals surface area (Å²) in [5, 5.41) is 2.37. The summed E-state index contributed by atoms with van der Waals surface area (Å²) in [6.07, 6.45) is 2.55. The highest BCUT2D eigenvalue weighted by Crippen LogP contribution is 2.16.